The molecule has 0 aromatic heterocycles. The first-order chi connectivity index (χ1) is 11.7. The molecular weight excluding hydrogens is 324 g/mol. The van der Waals surface area contributed by atoms with Crippen LogP contribution in [0.25, 0.3) is 0 Å². The van der Waals surface area contributed by atoms with Crippen LogP contribution in [-0.4, -0.2) is 25.2 Å². The van der Waals surface area contributed by atoms with Crippen LogP contribution in [0.5, 0.6) is 0 Å². The zero-order chi connectivity index (χ0) is 16.8. The van der Waals surface area contributed by atoms with Crippen LogP contribution in [0.15, 0.2) is 48.5 Å². The molecule has 1 heterocycles. The van der Waals surface area contributed by atoms with Crippen molar-refractivity contribution in [1.29, 1.82) is 0 Å². The van der Waals surface area contributed by atoms with Gasteiger partial charge in [0.15, 0.2) is 0 Å². The molecule has 1 saturated heterocycles. The van der Waals surface area contributed by atoms with Gasteiger partial charge in [0.25, 0.3) is 0 Å². The Balaban J connectivity index is 1.52. The van der Waals surface area contributed by atoms with E-state index in [1.54, 1.807) is 6.07 Å². The van der Waals surface area contributed by atoms with Crippen LogP contribution in [0.4, 0.5) is 11.4 Å². The summed E-state index contributed by atoms with van der Waals surface area (Å²) in [5, 5.41) is 7.05. The van der Waals surface area contributed by atoms with Gasteiger partial charge in [0.05, 0.1) is 6.42 Å². The van der Waals surface area contributed by atoms with Crippen LogP contribution >= 0.6 is 11.6 Å². The maximum atomic E-state index is 12.1. The first-order valence-electron chi connectivity index (χ1n) is 8.18. The van der Waals surface area contributed by atoms with Crippen molar-refractivity contribution in [2.45, 2.75) is 25.3 Å². The zero-order valence-electron chi connectivity index (χ0n) is 13.4. The fraction of sp³-hybridized carbons (Fsp3) is 0.316. The minimum Gasteiger partial charge on any atom is -0.382 e. The summed E-state index contributed by atoms with van der Waals surface area (Å²) >= 11 is 5.94. The van der Waals surface area contributed by atoms with E-state index in [-0.39, 0.29) is 5.91 Å². The number of ether oxygens (including phenoxy) is 1. The third kappa shape index (κ3) is 4.98. The minimum absolute atomic E-state index is 0.0533. The summed E-state index contributed by atoms with van der Waals surface area (Å²) in [6.45, 7) is 1.63. The average molecular weight is 345 g/mol. The van der Waals surface area contributed by atoms with Crippen molar-refractivity contribution in [3.63, 3.8) is 0 Å². The predicted octanol–water partition coefficient (Wildman–Crippen LogP) is 4.11. The fourth-order valence-electron chi connectivity index (χ4n) is 2.76. The number of carbonyl (C=O) groups excluding carboxylic acids is 1. The van der Waals surface area contributed by atoms with Crippen molar-refractivity contribution >= 4 is 28.9 Å². The molecular formula is C19H21ClN2O2. The van der Waals surface area contributed by atoms with Crippen LogP contribution in [0.1, 0.15) is 18.4 Å². The third-order valence-electron chi connectivity index (χ3n) is 4.01. The minimum atomic E-state index is -0.0533. The highest BCUT2D eigenvalue weighted by Crippen LogP contribution is 2.18. The van der Waals surface area contributed by atoms with Gasteiger partial charge < -0.3 is 15.4 Å². The number of amides is 1. The number of nitrogens with one attached hydrogen (secondary N) is 2. The van der Waals surface area contributed by atoms with E-state index in [0.29, 0.717) is 17.5 Å². The number of halogens is 1. The molecule has 2 aromatic carbocycles. The molecule has 1 amide bonds. The summed E-state index contributed by atoms with van der Waals surface area (Å²) < 4.78 is 5.36. The number of rotatable bonds is 5. The zero-order valence-corrected chi connectivity index (χ0v) is 14.2. The lowest BCUT2D eigenvalue weighted by molar-refractivity contribution is -0.115. The van der Waals surface area contributed by atoms with Crippen LogP contribution in [-0.2, 0) is 16.0 Å². The second-order valence-electron chi connectivity index (χ2n) is 5.96. The Morgan fingerprint density at radius 2 is 1.79 bits per heavy atom. The lowest BCUT2D eigenvalue weighted by Gasteiger charge is -2.24. The standard InChI is InChI=1S/C19H21ClN2O2/c20-15-3-1-2-14(12-15)13-19(23)22-17-6-4-16(5-7-17)21-18-8-10-24-11-9-18/h1-7,12,18,21H,8-11,13H2,(H,22,23). The van der Waals surface area contributed by atoms with Gasteiger partial charge in [-0.2, -0.15) is 0 Å². The van der Waals surface area contributed by atoms with E-state index >= 15 is 0 Å². The largest absolute Gasteiger partial charge is 0.382 e. The lowest BCUT2D eigenvalue weighted by atomic mass is 10.1. The Kier molecular flexibility index (Phi) is 5.72. The maximum absolute atomic E-state index is 12.1. The van der Waals surface area contributed by atoms with Crippen molar-refractivity contribution in [2.24, 2.45) is 0 Å². The predicted molar refractivity (Wildman–Crippen MR) is 97.7 cm³/mol. The van der Waals surface area contributed by atoms with Gasteiger partial charge in [-0.3, -0.25) is 4.79 Å². The molecule has 0 aliphatic carbocycles. The van der Waals surface area contributed by atoms with E-state index in [2.05, 4.69) is 10.6 Å². The Morgan fingerprint density at radius 3 is 2.50 bits per heavy atom. The normalized spacial score (nSPS) is 15.0. The van der Waals surface area contributed by atoms with E-state index in [1.165, 1.54) is 0 Å². The summed E-state index contributed by atoms with van der Waals surface area (Å²) in [7, 11) is 0. The SMILES string of the molecule is O=C(Cc1cccc(Cl)c1)Nc1ccc(NC2CCOCC2)cc1. The van der Waals surface area contributed by atoms with Gasteiger partial charge in [-0.15, -0.1) is 0 Å². The van der Waals surface area contributed by atoms with Crippen LogP contribution < -0.4 is 10.6 Å². The highest BCUT2D eigenvalue weighted by Gasteiger charge is 2.13. The molecule has 24 heavy (non-hydrogen) atoms. The molecule has 0 spiro atoms. The van der Waals surface area contributed by atoms with Gasteiger partial charge in [0, 0.05) is 35.7 Å². The van der Waals surface area contributed by atoms with Gasteiger partial charge >= 0.3 is 0 Å². The monoisotopic (exact) mass is 344 g/mol. The van der Waals surface area contributed by atoms with Crippen molar-refractivity contribution in [2.75, 3.05) is 23.8 Å². The molecule has 0 bridgehead atoms. The molecule has 0 unspecified atom stereocenters. The van der Waals surface area contributed by atoms with E-state index in [1.807, 2.05) is 42.5 Å². The van der Waals surface area contributed by atoms with E-state index < -0.39 is 0 Å². The summed E-state index contributed by atoms with van der Waals surface area (Å²) in [4.78, 5) is 12.1. The van der Waals surface area contributed by atoms with E-state index in [0.717, 1.165) is 43.0 Å². The Hall–Kier alpha value is -2.04. The van der Waals surface area contributed by atoms with E-state index in [9.17, 15) is 4.79 Å². The molecule has 5 heteroatoms. The number of carbonyl (C=O) groups is 1. The van der Waals surface area contributed by atoms with Crippen LogP contribution in [0, 0.1) is 0 Å². The second kappa shape index (κ2) is 8.18. The summed E-state index contributed by atoms with van der Waals surface area (Å²) in [6, 6.07) is 15.6. The number of hydrogen-bond donors (Lipinski definition) is 2. The first-order valence-corrected chi connectivity index (χ1v) is 8.55. The number of anilines is 2. The Labute approximate surface area is 147 Å². The summed E-state index contributed by atoms with van der Waals surface area (Å²) in [5.41, 5.74) is 2.76. The molecule has 126 valence electrons. The summed E-state index contributed by atoms with van der Waals surface area (Å²) in [5.74, 6) is -0.0533. The molecule has 3 rings (SSSR count). The molecule has 2 aromatic rings. The van der Waals surface area contributed by atoms with Crippen molar-refractivity contribution in [1.82, 2.24) is 0 Å². The smallest absolute Gasteiger partial charge is 0.228 e. The quantitative estimate of drug-likeness (QED) is 0.858. The second-order valence-corrected chi connectivity index (χ2v) is 6.40. The van der Waals surface area contributed by atoms with Gasteiger partial charge in [0.1, 0.15) is 0 Å². The van der Waals surface area contributed by atoms with Crippen molar-refractivity contribution in [3.8, 4) is 0 Å². The number of benzene rings is 2. The van der Waals surface area contributed by atoms with Gasteiger partial charge in [0.2, 0.25) is 5.91 Å². The van der Waals surface area contributed by atoms with Crippen LogP contribution in [0.3, 0.4) is 0 Å². The molecule has 0 saturated carbocycles. The lowest BCUT2D eigenvalue weighted by Crippen LogP contribution is -2.27. The Bertz CT molecular complexity index is 682. The highest BCUT2D eigenvalue weighted by molar-refractivity contribution is 6.30. The van der Waals surface area contributed by atoms with Crippen LogP contribution in [0.2, 0.25) is 5.02 Å². The molecule has 2 N–H and O–H groups in total. The molecule has 0 radical (unpaired) electrons. The topological polar surface area (TPSA) is 50.4 Å². The van der Waals surface area contributed by atoms with Crippen molar-refractivity contribution in [3.05, 3.63) is 59.1 Å². The molecule has 1 aliphatic heterocycles. The van der Waals surface area contributed by atoms with Gasteiger partial charge in [-0.05, 0) is 54.8 Å². The van der Waals surface area contributed by atoms with Crippen molar-refractivity contribution < 1.29 is 9.53 Å². The number of hydrogen-bond acceptors (Lipinski definition) is 3. The molecule has 4 nitrogen and oxygen atoms in total. The fourth-order valence-corrected chi connectivity index (χ4v) is 2.98. The average Bonchev–Trinajstić information content (AvgIpc) is 2.57. The molecule has 1 aliphatic rings. The molecule has 0 atom stereocenters. The summed E-state index contributed by atoms with van der Waals surface area (Å²) in [6.07, 6.45) is 2.36. The molecule has 1 fully saturated rings. The van der Waals surface area contributed by atoms with Gasteiger partial charge in [-0.25, -0.2) is 0 Å². The van der Waals surface area contributed by atoms with E-state index in [4.69, 9.17) is 16.3 Å². The highest BCUT2D eigenvalue weighted by atomic mass is 35.5. The third-order valence-corrected chi connectivity index (χ3v) is 4.25. The maximum Gasteiger partial charge on any atom is 0.228 e. The Morgan fingerprint density at radius 1 is 1.08 bits per heavy atom. The first kappa shape index (κ1) is 16.8. The van der Waals surface area contributed by atoms with Gasteiger partial charge in [-0.1, -0.05) is 23.7 Å².